The molecule has 0 amide bonds. The molecule has 0 bridgehead atoms. The summed E-state index contributed by atoms with van der Waals surface area (Å²) in [5.74, 6) is 0.582. The Balaban J connectivity index is 1.87. The summed E-state index contributed by atoms with van der Waals surface area (Å²) in [5, 5.41) is 1.19. The largest absolute Gasteiger partial charge is 0.466 e. The van der Waals surface area contributed by atoms with Crippen molar-refractivity contribution in [2.45, 2.75) is 71.1 Å². The Labute approximate surface area is 160 Å². The highest BCUT2D eigenvalue weighted by atomic mass is 16.5. The maximum absolute atomic E-state index is 12.4. The number of hydrogen-bond acceptors (Lipinski definition) is 3. The number of benzene rings is 1. The number of aromatic nitrogens is 1. The van der Waals surface area contributed by atoms with E-state index < -0.39 is 0 Å². The molecule has 27 heavy (non-hydrogen) atoms. The first-order valence-electron chi connectivity index (χ1n) is 10.3. The van der Waals surface area contributed by atoms with Crippen molar-refractivity contribution < 1.29 is 14.3 Å². The third-order valence-electron chi connectivity index (χ3n) is 6.75. The quantitative estimate of drug-likeness (QED) is 0.585. The van der Waals surface area contributed by atoms with Gasteiger partial charge in [0.15, 0.2) is 5.78 Å². The number of carbonyl (C=O) groups is 2. The molecule has 1 N–H and O–H groups in total. The van der Waals surface area contributed by atoms with Crippen LogP contribution in [-0.2, 0) is 27.8 Å². The molecule has 1 aromatic heterocycles. The summed E-state index contributed by atoms with van der Waals surface area (Å²) in [5.41, 5.74) is 5.65. The topological polar surface area (TPSA) is 59.2 Å². The molecule has 0 radical (unpaired) electrons. The van der Waals surface area contributed by atoms with Crippen LogP contribution in [0.15, 0.2) is 12.1 Å². The molecule has 1 saturated carbocycles. The Bertz CT molecular complexity index is 910. The molecule has 4 rings (SSSR count). The normalized spacial score (nSPS) is 23.4. The fraction of sp³-hybridized carbons (Fsp3) is 0.565. The van der Waals surface area contributed by atoms with Gasteiger partial charge in [-0.3, -0.25) is 9.59 Å². The van der Waals surface area contributed by atoms with Crippen LogP contribution >= 0.6 is 0 Å². The summed E-state index contributed by atoms with van der Waals surface area (Å²) < 4.78 is 5.30. The number of ketones is 1. The first kappa shape index (κ1) is 18.3. The summed E-state index contributed by atoms with van der Waals surface area (Å²) in [4.78, 5) is 28.2. The van der Waals surface area contributed by atoms with Gasteiger partial charge in [0.2, 0.25) is 0 Å². The number of rotatable bonds is 6. The number of nitrogens with one attached hydrogen (secondary N) is 1. The zero-order valence-corrected chi connectivity index (χ0v) is 16.6. The van der Waals surface area contributed by atoms with E-state index >= 15 is 0 Å². The van der Waals surface area contributed by atoms with Crippen molar-refractivity contribution in [2.75, 3.05) is 6.61 Å². The molecule has 4 heteroatoms. The number of Topliss-reactive ketones (excluding diaryl/α,β-unsaturated/α-hetero) is 1. The molecular weight excluding hydrogens is 338 g/mol. The fourth-order valence-electron chi connectivity index (χ4n) is 5.33. The number of aromatic amines is 1. The second-order valence-electron chi connectivity index (χ2n) is 8.25. The van der Waals surface area contributed by atoms with E-state index in [4.69, 9.17) is 4.74 Å². The van der Waals surface area contributed by atoms with E-state index in [1.165, 1.54) is 34.1 Å². The summed E-state index contributed by atoms with van der Waals surface area (Å²) in [6.45, 7) is 6.10. The number of H-pyrrole nitrogens is 1. The van der Waals surface area contributed by atoms with Crippen molar-refractivity contribution in [3.63, 3.8) is 0 Å². The van der Waals surface area contributed by atoms with Crippen molar-refractivity contribution in [3.8, 4) is 0 Å². The van der Waals surface area contributed by atoms with Crippen molar-refractivity contribution in [1.82, 2.24) is 4.98 Å². The first-order chi connectivity index (χ1) is 13.0. The second-order valence-corrected chi connectivity index (χ2v) is 8.25. The van der Waals surface area contributed by atoms with E-state index in [0.717, 1.165) is 37.7 Å². The maximum Gasteiger partial charge on any atom is 0.306 e. The molecule has 2 aliphatic rings. The van der Waals surface area contributed by atoms with E-state index in [0.29, 0.717) is 18.9 Å². The monoisotopic (exact) mass is 367 g/mol. The van der Waals surface area contributed by atoms with Crippen molar-refractivity contribution in [1.29, 1.82) is 0 Å². The number of esters is 1. The third kappa shape index (κ3) is 2.81. The number of ether oxygens (including phenoxy) is 1. The Morgan fingerprint density at radius 3 is 2.70 bits per heavy atom. The van der Waals surface area contributed by atoms with Crippen LogP contribution in [0, 0.1) is 5.92 Å². The van der Waals surface area contributed by atoms with Gasteiger partial charge in [0.1, 0.15) is 0 Å². The van der Waals surface area contributed by atoms with E-state index in [2.05, 4.69) is 18.0 Å². The zero-order chi connectivity index (χ0) is 19.2. The van der Waals surface area contributed by atoms with E-state index in [9.17, 15) is 9.59 Å². The second kappa shape index (κ2) is 6.81. The molecule has 2 aliphatic carbocycles. The molecule has 0 unspecified atom stereocenters. The van der Waals surface area contributed by atoms with Gasteiger partial charge in [-0.1, -0.05) is 13.3 Å². The van der Waals surface area contributed by atoms with E-state index in [1.807, 2.05) is 13.0 Å². The van der Waals surface area contributed by atoms with Crippen LogP contribution in [0.25, 0.3) is 10.9 Å². The minimum atomic E-state index is -0.0985. The predicted molar refractivity (Wildman–Crippen MR) is 106 cm³/mol. The number of carbonyl (C=O) groups excluding carboxylic acids is 2. The molecule has 2 aromatic rings. The Hall–Kier alpha value is -2.10. The molecule has 0 aliphatic heterocycles. The lowest BCUT2D eigenvalue weighted by atomic mass is 9.52. The SMILES string of the molecule is CCCc1cc(C(C)=O)cc2c3c([nH]c12)[C@@]1(CC(=O)OCC)CC[C@H]1CC3. The molecule has 0 spiro atoms. The number of aryl methyl sites for hydroxylation is 2. The zero-order valence-electron chi connectivity index (χ0n) is 16.6. The van der Waals surface area contributed by atoms with Crippen LogP contribution in [0.3, 0.4) is 0 Å². The number of hydrogen-bond donors (Lipinski definition) is 1. The van der Waals surface area contributed by atoms with Gasteiger partial charge >= 0.3 is 5.97 Å². The lowest BCUT2D eigenvalue weighted by Gasteiger charge is -2.52. The smallest absolute Gasteiger partial charge is 0.306 e. The van der Waals surface area contributed by atoms with Crippen molar-refractivity contribution >= 4 is 22.7 Å². The highest BCUT2D eigenvalue weighted by Gasteiger charge is 2.53. The average molecular weight is 367 g/mol. The Kier molecular flexibility index (Phi) is 4.61. The van der Waals surface area contributed by atoms with Crippen molar-refractivity contribution in [3.05, 3.63) is 34.5 Å². The van der Waals surface area contributed by atoms with E-state index in [1.54, 1.807) is 6.92 Å². The van der Waals surface area contributed by atoms with Gasteiger partial charge in [0.05, 0.1) is 13.0 Å². The van der Waals surface area contributed by atoms with Crippen LogP contribution in [-0.4, -0.2) is 23.3 Å². The third-order valence-corrected chi connectivity index (χ3v) is 6.75. The molecule has 2 atom stereocenters. The van der Waals surface area contributed by atoms with Crippen LogP contribution in [0.2, 0.25) is 0 Å². The van der Waals surface area contributed by atoms with Crippen LogP contribution < -0.4 is 0 Å². The lowest BCUT2D eigenvalue weighted by molar-refractivity contribution is -0.147. The molecule has 1 fully saturated rings. The Morgan fingerprint density at radius 2 is 2.07 bits per heavy atom. The molecule has 1 aromatic carbocycles. The van der Waals surface area contributed by atoms with Crippen LogP contribution in [0.1, 0.15) is 80.1 Å². The first-order valence-corrected chi connectivity index (χ1v) is 10.3. The molecular formula is C23H29NO3. The Morgan fingerprint density at radius 1 is 1.26 bits per heavy atom. The van der Waals surface area contributed by atoms with Gasteiger partial charge < -0.3 is 9.72 Å². The van der Waals surface area contributed by atoms with Crippen LogP contribution in [0.5, 0.6) is 0 Å². The standard InChI is InChI=1S/C23H29NO3/c1-4-6-15-11-16(14(3)25)12-19-18-8-7-17-9-10-23(17,13-20(26)27-5-2)22(18)24-21(15)19/h11-12,17,24H,4-10,13H2,1-3H3/t17-,23-/m1/s1. The lowest BCUT2D eigenvalue weighted by Crippen LogP contribution is -2.49. The number of fused-ring (bicyclic) bond motifs is 5. The van der Waals surface area contributed by atoms with Gasteiger partial charge in [-0.2, -0.15) is 0 Å². The van der Waals surface area contributed by atoms with Gasteiger partial charge in [0, 0.05) is 27.6 Å². The summed E-state index contributed by atoms with van der Waals surface area (Å²) >= 11 is 0. The van der Waals surface area contributed by atoms with E-state index in [-0.39, 0.29) is 17.2 Å². The molecule has 0 saturated heterocycles. The highest BCUT2D eigenvalue weighted by Crippen LogP contribution is 2.57. The highest BCUT2D eigenvalue weighted by molar-refractivity contribution is 6.00. The summed E-state index contributed by atoms with van der Waals surface area (Å²) in [6, 6.07) is 4.11. The predicted octanol–water partition coefficient (Wildman–Crippen LogP) is 4.87. The minimum Gasteiger partial charge on any atom is -0.466 e. The van der Waals surface area contributed by atoms with Crippen LogP contribution in [0.4, 0.5) is 0 Å². The maximum atomic E-state index is 12.4. The summed E-state index contributed by atoms with van der Waals surface area (Å²) in [7, 11) is 0. The molecule has 1 heterocycles. The minimum absolute atomic E-state index is 0.0908. The summed E-state index contributed by atoms with van der Waals surface area (Å²) in [6.07, 6.45) is 6.83. The van der Waals surface area contributed by atoms with Crippen molar-refractivity contribution in [2.24, 2.45) is 5.92 Å². The van der Waals surface area contributed by atoms with Gasteiger partial charge in [0.25, 0.3) is 0 Å². The fourth-order valence-corrected chi connectivity index (χ4v) is 5.33. The average Bonchev–Trinajstić information content (AvgIpc) is 2.98. The van der Waals surface area contributed by atoms with Gasteiger partial charge in [-0.05, 0) is 75.1 Å². The molecule has 144 valence electrons. The van der Waals surface area contributed by atoms with Gasteiger partial charge in [-0.15, -0.1) is 0 Å². The molecule has 4 nitrogen and oxygen atoms in total. The van der Waals surface area contributed by atoms with Gasteiger partial charge in [-0.25, -0.2) is 0 Å².